The van der Waals surface area contributed by atoms with Gasteiger partial charge in [-0.2, -0.15) is 0 Å². The van der Waals surface area contributed by atoms with Crippen molar-refractivity contribution >= 4 is 5.97 Å². The standard InChI is InChI=1S/C21H30O2/c1-20(2,23-19(22)18-9-13-3-4-17(18)8-13)21-10-14-5-15(11-21)7-16(6-14)12-21/h9,13-17H,3-8,10-12H2,1-2H3. The maximum Gasteiger partial charge on any atom is 0.334 e. The van der Waals surface area contributed by atoms with Crippen LogP contribution in [-0.4, -0.2) is 11.6 Å². The number of ether oxygens (including phenoxy) is 1. The SMILES string of the molecule is CC(C)(OC(=O)C1=CC2CCC1C2)C12CC3CC(CC(C3)C1)C2. The van der Waals surface area contributed by atoms with E-state index in [1.165, 1.54) is 57.8 Å². The second-order valence-electron chi connectivity index (χ2n) is 9.99. The molecule has 6 rings (SSSR count). The lowest BCUT2D eigenvalue weighted by Gasteiger charge is -2.61. The maximum absolute atomic E-state index is 12.9. The molecule has 0 N–H and O–H groups in total. The third-order valence-electron chi connectivity index (χ3n) is 8.23. The van der Waals surface area contributed by atoms with Crippen molar-refractivity contribution in [3.8, 4) is 0 Å². The number of esters is 1. The third kappa shape index (κ3) is 2.09. The van der Waals surface area contributed by atoms with Crippen LogP contribution >= 0.6 is 0 Å². The highest BCUT2D eigenvalue weighted by Crippen LogP contribution is 2.64. The lowest BCUT2D eigenvalue weighted by atomic mass is 9.46. The molecule has 6 aliphatic carbocycles. The summed E-state index contributed by atoms with van der Waals surface area (Å²) in [6.07, 6.45) is 14.1. The van der Waals surface area contributed by atoms with E-state index in [1.54, 1.807) is 0 Å². The molecule has 5 saturated carbocycles. The summed E-state index contributed by atoms with van der Waals surface area (Å²) in [6.45, 7) is 4.43. The molecule has 0 saturated heterocycles. The minimum atomic E-state index is -0.303. The zero-order chi connectivity index (χ0) is 15.8. The molecule has 0 aromatic carbocycles. The number of hydrogen-bond acceptors (Lipinski definition) is 2. The maximum atomic E-state index is 12.9. The monoisotopic (exact) mass is 314 g/mol. The molecular formula is C21H30O2. The number of fused-ring (bicyclic) bond motifs is 2. The molecule has 2 nitrogen and oxygen atoms in total. The molecule has 5 fully saturated rings. The van der Waals surface area contributed by atoms with Crippen LogP contribution in [0.3, 0.4) is 0 Å². The first-order valence-corrected chi connectivity index (χ1v) is 9.89. The summed E-state index contributed by atoms with van der Waals surface area (Å²) in [4.78, 5) is 12.9. The van der Waals surface area contributed by atoms with Gasteiger partial charge < -0.3 is 4.74 Å². The van der Waals surface area contributed by atoms with Gasteiger partial charge in [0.25, 0.3) is 0 Å². The Balaban J connectivity index is 1.37. The van der Waals surface area contributed by atoms with Gasteiger partial charge in [-0.25, -0.2) is 4.79 Å². The van der Waals surface area contributed by atoms with Gasteiger partial charge in [0.15, 0.2) is 0 Å². The van der Waals surface area contributed by atoms with E-state index >= 15 is 0 Å². The average molecular weight is 314 g/mol. The summed E-state index contributed by atoms with van der Waals surface area (Å²) in [7, 11) is 0. The Morgan fingerprint density at radius 3 is 2.13 bits per heavy atom. The molecular weight excluding hydrogens is 284 g/mol. The summed E-state index contributed by atoms with van der Waals surface area (Å²) in [5.74, 6) is 3.88. The van der Waals surface area contributed by atoms with E-state index in [0.29, 0.717) is 11.8 Å². The van der Waals surface area contributed by atoms with Gasteiger partial charge >= 0.3 is 5.97 Å². The molecule has 0 heterocycles. The van der Waals surface area contributed by atoms with Crippen LogP contribution in [0.4, 0.5) is 0 Å². The highest BCUT2D eigenvalue weighted by molar-refractivity contribution is 5.90. The normalized spacial score (nSPS) is 47.0. The predicted molar refractivity (Wildman–Crippen MR) is 89.7 cm³/mol. The molecule has 2 heteroatoms. The zero-order valence-corrected chi connectivity index (χ0v) is 14.6. The van der Waals surface area contributed by atoms with Crippen molar-refractivity contribution in [2.75, 3.05) is 0 Å². The van der Waals surface area contributed by atoms with Gasteiger partial charge in [0.05, 0.1) is 0 Å². The Kier molecular flexibility index (Phi) is 2.93. The number of allylic oxidation sites excluding steroid dienone is 1. The van der Waals surface area contributed by atoms with E-state index in [-0.39, 0.29) is 17.0 Å². The third-order valence-corrected chi connectivity index (χ3v) is 8.23. The zero-order valence-electron chi connectivity index (χ0n) is 14.6. The van der Waals surface area contributed by atoms with E-state index in [4.69, 9.17) is 4.74 Å². The summed E-state index contributed by atoms with van der Waals surface area (Å²) in [5, 5.41) is 0. The minimum Gasteiger partial charge on any atom is -0.456 e. The largest absolute Gasteiger partial charge is 0.456 e. The smallest absolute Gasteiger partial charge is 0.334 e. The van der Waals surface area contributed by atoms with Crippen LogP contribution in [0, 0.1) is 35.0 Å². The summed E-state index contributed by atoms with van der Waals surface area (Å²) in [5.41, 5.74) is 0.970. The molecule has 23 heavy (non-hydrogen) atoms. The minimum absolute atomic E-state index is 0.0120. The van der Waals surface area contributed by atoms with Crippen molar-refractivity contribution < 1.29 is 9.53 Å². The first-order chi connectivity index (χ1) is 10.9. The Hall–Kier alpha value is -0.790. The van der Waals surface area contributed by atoms with Crippen molar-refractivity contribution in [1.82, 2.24) is 0 Å². The fourth-order valence-electron chi connectivity index (χ4n) is 7.32. The Bertz CT molecular complexity index is 535. The van der Waals surface area contributed by atoms with Gasteiger partial charge in [0, 0.05) is 11.0 Å². The highest BCUT2D eigenvalue weighted by Gasteiger charge is 2.59. The molecule has 0 aliphatic heterocycles. The Morgan fingerprint density at radius 1 is 1.04 bits per heavy atom. The highest BCUT2D eigenvalue weighted by atomic mass is 16.6. The van der Waals surface area contributed by atoms with Crippen LogP contribution in [0.15, 0.2) is 11.6 Å². The second-order valence-corrected chi connectivity index (χ2v) is 9.99. The molecule has 126 valence electrons. The van der Waals surface area contributed by atoms with Gasteiger partial charge in [0.2, 0.25) is 0 Å². The van der Waals surface area contributed by atoms with Gasteiger partial charge in [-0.3, -0.25) is 0 Å². The molecule has 6 bridgehead atoms. The predicted octanol–water partition coefficient (Wildman–Crippen LogP) is 4.88. The van der Waals surface area contributed by atoms with Gasteiger partial charge in [0.1, 0.15) is 5.60 Å². The quantitative estimate of drug-likeness (QED) is 0.694. The molecule has 0 aromatic heterocycles. The molecule has 2 atom stereocenters. The summed E-state index contributed by atoms with van der Waals surface area (Å²) in [6, 6.07) is 0. The van der Waals surface area contributed by atoms with Crippen LogP contribution < -0.4 is 0 Å². The fourth-order valence-corrected chi connectivity index (χ4v) is 7.32. The van der Waals surface area contributed by atoms with Crippen LogP contribution in [-0.2, 0) is 9.53 Å². The van der Waals surface area contributed by atoms with E-state index in [1.807, 2.05) is 0 Å². The van der Waals surface area contributed by atoms with Crippen LogP contribution in [0.5, 0.6) is 0 Å². The first-order valence-electron chi connectivity index (χ1n) is 9.89. The molecule has 0 radical (unpaired) electrons. The number of rotatable bonds is 3. The second kappa shape index (κ2) is 4.64. The fraction of sp³-hybridized carbons (Fsp3) is 0.857. The lowest BCUT2D eigenvalue weighted by Crippen LogP contribution is -2.57. The molecule has 6 aliphatic rings. The van der Waals surface area contributed by atoms with Gasteiger partial charge in [-0.05, 0) is 101 Å². The van der Waals surface area contributed by atoms with Gasteiger partial charge in [-0.15, -0.1) is 0 Å². The van der Waals surface area contributed by atoms with E-state index < -0.39 is 0 Å². The first kappa shape index (κ1) is 14.5. The Morgan fingerprint density at radius 2 is 1.65 bits per heavy atom. The Labute approximate surface area is 140 Å². The molecule has 2 unspecified atom stereocenters. The van der Waals surface area contributed by atoms with Crippen LogP contribution in [0.25, 0.3) is 0 Å². The van der Waals surface area contributed by atoms with Crippen molar-refractivity contribution in [2.45, 2.75) is 77.2 Å². The van der Waals surface area contributed by atoms with Crippen molar-refractivity contribution in [3.05, 3.63) is 11.6 Å². The van der Waals surface area contributed by atoms with E-state index in [2.05, 4.69) is 19.9 Å². The lowest BCUT2D eigenvalue weighted by molar-refractivity contribution is -0.195. The topological polar surface area (TPSA) is 26.3 Å². The van der Waals surface area contributed by atoms with E-state index in [9.17, 15) is 4.79 Å². The van der Waals surface area contributed by atoms with E-state index in [0.717, 1.165) is 23.3 Å². The molecule has 0 aromatic rings. The summed E-state index contributed by atoms with van der Waals surface area (Å²) < 4.78 is 6.25. The number of carbonyl (C=O) groups is 1. The molecule has 0 amide bonds. The van der Waals surface area contributed by atoms with Gasteiger partial charge in [-0.1, -0.05) is 6.08 Å². The number of hydrogen-bond donors (Lipinski definition) is 0. The number of carbonyl (C=O) groups excluding carboxylic acids is 1. The van der Waals surface area contributed by atoms with Crippen LogP contribution in [0.1, 0.15) is 71.6 Å². The van der Waals surface area contributed by atoms with Crippen molar-refractivity contribution in [3.63, 3.8) is 0 Å². The average Bonchev–Trinajstić information content (AvgIpc) is 3.07. The van der Waals surface area contributed by atoms with Crippen molar-refractivity contribution in [1.29, 1.82) is 0 Å². The molecule has 0 spiro atoms. The van der Waals surface area contributed by atoms with Crippen molar-refractivity contribution in [2.24, 2.45) is 35.0 Å². The van der Waals surface area contributed by atoms with Crippen LogP contribution in [0.2, 0.25) is 0 Å². The summed E-state index contributed by atoms with van der Waals surface area (Å²) >= 11 is 0.